The van der Waals surface area contributed by atoms with Crippen LogP contribution in [0.25, 0.3) is 0 Å². The first-order valence-electron chi connectivity index (χ1n) is 7.59. The Morgan fingerprint density at radius 3 is 2.77 bits per heavy atom. The van der Waals surface area contributed by atoms with E-state index in [9.17, 15) is 14.4 Å². The lowest BCUT2D eigenvalue weighted by Gasteiger charge is -2.35. The lowest BCUT2D eigenvalue weighted by molar-refractivity contribution is -0.134. The van der Waals surface area contributed by atoms with Gasteiger partial charge >= 0.3 is 11.1 Å². The summed E-state index contributed by atoms with van der Waals surface area (Å²) in [5.74, 6) is 0.841. The van der Waals surface area contributed by atoms with Crippen LogP contribution >= 0.6 is 0 Å². The van der Waals surface area contributed by atoms with E-state index >= 15 is 0 Å². The van der Waals surface area contributed by atoms with Crippen molar-refractivity contribution >= 4 is 5.91 Å². The molecule has 1 saturated heterocycles. The molecular weight excluding hydrogens is 288 g/mol. The van der Waals surface area contributed by atoms with Crippen LogP contribution in [0.2, 0.25) is 0 Å². The Hall–Kier alpha value is -1.96. The maximum absolute atomic E-state index is 12.2. The molecule has 3 heterocycles. The highest BCUT2D eigenvalue weighted by Gasteiger charge is 2.46. The van der Waals surface area contributed by atoms with Crippen LogP contribution in [-0.2, 0) is 29.7 Å². The van der Waals surface area contributed by atoms with Gasteiger partial charge in [-0.2, -0.15) is 5.10 Å². The fourth-order valence-corrected chi connectivity index (χ4v) is 3.33. The van der Waals surface area contributed by atoms with Gasteiger partial charge < -0.3 is 9.64 Å². The lowest BCUT2D eigenvalue weighted by atomic mass is 10.0. The predicted octanol–water partition coefficient (Wildman–Crippen LogP) is -1.15. The quantitative estimate of drug-likeness (QED) is 0.612. The molecule has 1 spiro atoms. The Balaban J connectivity index is 1.62. The normalized spacial score (nSPS) is 27.2. The van der Waals surface area contributed by atoms with Crippen molar-refractivity contribution in [1.29, 1.82) is 0 Å². The summed E-state index contributed by atoms with van der Waals surface area (Å²) in [4.78, 5) is 38.0. The number of rotatable bonds is 1. The SMILES string of the molecule is Cn1nc2n(c(=O)c1=O)CC1(CCN(C(=O)C3CC3)C1)OC2. The van der Waals surface area contributed by atoms with Gasteiger partial charge in [0.15, 0.2) is 5.82 Å². The average molecular weight is 306 g/mol. The number of hydrogen-bond acceptors (Lipinski definition) is 5. The van der Waals surface area contributed by atoms with Gasteiger partial charge in [0.1, 0.15) is 12.2 Å². The number of amides is 1. The summed E-state index contributed by atoms with van der Waals surface area (Å²) in [6, 6.07) is 0. The van der Waals surface area contributed by atoms with E-state index in [1.807, 2.05) is 4.90 Å². The Morgan fingerprint density at radius 1 is 1.27 bits per heavy atom. The topological polar surface area (TPSA) is 86.4 Å². The molecule has 22 heavy (non-hydrogen) atoms. The third-order valence-corrected chi connectivity index (χ3v) is 4.81. The van der Waals surface area contributed by atoms with Gasteiger partial charge in [0.25, 0.3) is 0 Å². The Bertz CT molecular complexity index is 763. The molecule has 8 nitrogen and oxygen atoms in total. The zero-order valence-corrected chi connectivity index (χ0v) is 12.4. The number of carbonyl (C=O) groups is 1. The molecule has 2 aliphatic heterocycles. The largest absolute Gasteiger partial charge is 0.363 e. The number of hydrogen-bond donors (Lipinski definition) is 0. The van der Waals surface area contributed by atoms with Gasteiger partial charge in [0, 0.05) is 19.5 Å². The molecule has 0 N–H and O–H groups in total. The van der Waals surface area contributed by atoms with Crippen LogP contribution in [0.5, 0.6) is 0 Å². The second-order valence-corrected chi connectivity index (χ2v) is 6.49. The smallest absolute Gasteiger partial charge is 0.332 e. The molecule has 1 aromatic heterocycles. The molecule has 1 unspecified atom stereocenters. The molecule has 0 radical (unpaired) electrons. The van der Waals surface area contributed by atoms with Crippen molar-refractivity contribution in [2.45, 2.75) is 38.0 Å². The van der Waals surface area contributed by atoms with E-state index in [-0.39, 0.29) is 18.4 Å². The molecule has 1 saturated carbocycles. The minimum Gasteiger partial charge on any atom is -0.363 e. The summed E-state index contributed by atoms with van der Waals surface area (Å²) in [5.41, 5.74) is -1.76. The first-order valence-corrected chi connectivity index (χ1v) is 7.59. The lowest BCUT2D eigenvalue weighted by Crippen LogP contribution is -2.53. The summed E-state index contributed by atoms with van der Waals surface area (Å²) in [6.07, 6.45) is 2.64. The predicted molar refractivity (Wildman–Crippen MR) is 75.2 cm³/mol. The molecule has 1 aromatic rings. The van der Waals surface area contributed by atoms with E-state index in [0.717, 1.165) is 17.5 Å². The molecule has 1 amide bonds. The highest BCUT2D eigenvalue weighted by molar-refractivity contribution is 5.81. The molecule has 3 aliphatic rings. The first-order chi connectivity index (χ1) is 10.5. The van der Waals surface area contributed by atoms with E-state index in [1.165, 1.54) is 11.6 Å². The Labute approximate surface area is 126 Å². The standard InChI is InChI=1S/C14H18N4O4/c1-16-12(20)13(21)18-8-14(22-6-10(18)15-16)4-5-17(7-14)11(19)9-2-3-9/h9H,2-8H2,1H3. The third kappa shape index (κ3) is 2.01. The van der Waals surface area contributed by atoms with Crippen LogP contribution in [0.4, 0.5) is 0 Å². The van der Waals surface area contributed by atoms with Crippen molar-refractivity contribution in [3.63, 3.8) is 0 Å². The molecule has 118 valence electrons. The number of carbonyl (C=O) groups excluding carboxylic acids is 1. The van der Waals surface area contributed by atoms with Crippen molar-refractivity contribution < 1.29 is 9.53 Å². The molecule has 8 heteroatoms. The van der Waals surface area contributed by atoms with Crippen LogP contribution in [0.15, 0.2) is 9.59 Å². The van der Waals surface area contributed by atoms with Crippen molar-refractivity contribution in [3.8, 4) is 0 Å². The van der Waals surface area contributed by atoms with Crippen LogP contribution in [0.1, 0.15) is 25.1 Å². The number of nitrogens with zero attached hydrogens (tertiary/aromatic N) is 4. The van der Waals surface area contributed by atoms with Gasteiger partial charge in [-0.05, 0) is 19.3 Å². The minimum atomic E-state index is -0.635. The van der Waals surface area contributed by atoms with Crippen molar-refractivity contribution in [2.24, 2.45) is 13.0 Å². The summed E-state index contributed by atoms with van der Waals surface area (Å²) >= 11 is 0. The second-order valence-electron chi connectivity index (χ2n) is 6.49. The van der Waals surface area contributed by atoms with Crippen LogP contribution < -0.4 is 11.1 Å². The highest BCUT2D eigenvalue weighted by Crippen LogP contribution is 2.36. The van der Waals surface area contributed by atoms with Gasteiger partial charge in [-0.1, -0.05) is 0 Å². The zero-order chi connectivity index (χ0) is 15.5. The Kier molecular flexibility index (Phi) is 2.81. The molecule has 0 bridgehead atoms. The number of fused-ring (bicyclic) bond motifs is 1. The molecule has 2 fully saturated rings. The average Bonchev–Trinajstić information content (AvgIpc) is 3.28. The summed E-state index contributed by atoms with van der Waals surface area (Å²) in [6.45, 7) is 1.62. The molecule has 4 rings (SSSR count). The Morgan fingerprint density at radius 2 is 2.05 bits per heavy atom. The van der Waals surface area contributed by atoms with Gasteiger partial charge in [0.2, 0.25) is 5.91 Å². The van der Waals surface area contributed by atoms with E-state index in [4.69, 9.17) is 4.74 Å². The number of aromatic nitrogens is 3. The van der Waals surface area contributed by atoms with Gasteiger partial charge in [-0.15, -0.1) is 0 Å². The van der Waals surface area contributed by atoms with E-state index in [1.54, 1.807) is 0 Å². The molecule has 1 aliphatic carbocycles. The highest BCUT2D eigenvalue weighted by atomic mass is 16.5. The maximum Gasteiger partial charge on any atom is 0.332 e. The number of aryl methyl sites for hydroxylation is 1. The molecule has 1 atom stereocenters. The fourth-order valence-electron chi connectivity index (χ4n) is 3.33. The van der Waals surface area contributed by atoms with Gasteiger partial charge in [-0.3, -0.25) is 19.0 Å². The van der Waals surface area contributed by atoms with E-state index in [0.29, 0.717) is 31.9 Å². The zero-order valence-electron chi connectivity index (χ0n) is 12.4. The van der Waals surface area contributed by atoms with E-state index < -0.39 is 16.7 Å². The monoisotopic (exact) mass is 306 g/mol. The third-order valence-electron chi connectivity index (χ3n) is 4.81. The van der Waals surface area contributed by atoms with Gasteiger partial charge in [0.05, 0.1) is 13.1 Å². The maximum atomic E-state index is 12.2. The van der Waals surface area contributed by atoms with Crippen LogP contribution in [-0.4, -0.2) is 43.8 Å². The number of likely N-dealkylation sites (tertiary alicyclic amines) is 1. The van der Waals surface area contributed by atoms with Crippen LogP contribution in [0.3, 0.4) is 0 Å². The van der Waals surface area contributed by atoms with E-state index in [2.05, 4.69) is 5.10 Å². The fraction of sp³-hybridized carbons (Fsp3) is 0.714. The van der Waals surface area contributed by atoms with Crippen molar-refractivity contribution in [2.75, 3.05) is 13.1 Å². The summed E-state index contributed by atoms with van der Waals surface area (Å²) < 4.78 is 8.41. The van der Waals surface area contributed by atoms with Gasteiger partial charge in [-0.25, -0.2) is 4.68 Å². The van der Waals surface area contributed by atoms with Crippen molar-refractivity contribution in [1.82, 2.24) is 19.2 Å². The summed E-state index contributed by atoms with van der Waals surface area (Å²) in [5, 5.41) is 4.08. The van der Waals surface area contributed by atoms with Crippen molar-refractivity contribution in [3.05, 3.63) is 26.5 Å². The molecular formula is C14H18N4O4. The van der Waals surface area contributed by atoms with Crippen LogP contribution in [0, 0.1) is 5.92 Å². The number of ether oxygens (including phenoxy) is 1. The minimum absolute atomic E-state index is 0.183. The second kappa shape index (κ2) is 4.52. The first kappa shape index (κ1) is 13.7. The molecule has 0 aromatic carbocycles. The summed E-state index contributed by atoms with van der Waals surface area (Å²) in [7, 11) is 1.46.